The topological polar surface area (TPSA) is 116 Å². The number of hydrogen-bond acceptors (Lipinski definition) is 6. The van der Waals surface area contributed by atoms with E-state index in [1.54, 1.807) is 12.1 Å². The molecule has 2 aromatic rings. The number of nitrogens with zero attached hydrogens (tertiary/aromatic N) is 2. The van der Waals surface area contributed by atoms with Gasteiger partial charge in [0, 0.05) is 12.3 Å². The zero-order valence-corrected chi connectivity index (χ0v) is 17.0. The third kappa shape index (κ3) is 2.88. The van der Waals surface area contributed by atoms with Crippen molar-refractivity contribution in [2.75, 3.05) is 0 Å². The number of sulfone groups is 2. The average molecular weight is 427 g/mol. The molecule has 8 heteroatoms. The maximum absolute atomic E-state index is 13.8. The Bertz CT molecular complexity index is 1140. The molecule has 148 valence electrons. The molecule has 1 atom stereocenters. The molecule has 1 saturated carbocycles. The summed E-state index contributed by atoms with van der Waals surface area (Å²) in [6.45, 7) is 3.64. The van der Waals surface area contributed by atoms with Crippen LogP contribution in [0, 0.1) is 34.0 Å². The largest absolute Gasteiger partial charge is 0.222 e. The lowest BCUT2D eigenvalue weighted by Gasteiger charge is -2.33. The lowest BCUT2D eigenvalue weighted by atomic mass is 9.89. The highest BCUT2D eigenvalue weighted by molar-refractivity contribution is 8.10. The van der Waals surface area contributed by atoms with E-state index >= 15 is 0 Å². The van der Waals surface area contributed by atoms with Crippen molar-refractivity contribution < 1.29 is 16.8 Å². The molecule has 0 aliphatic heterocycles. The van der Waals surface area contributed by atoms with E-state index < -0.39 is 41.5 Å². The van der Waals surface area contributed by atoms with Crippen LogP contribution < -0.4 is 0 Å². The molecule has 0 bridgehead atoms. The van der Waals surface area contributed by atoms with Crippen LogP contribution in [0.4, 0.5) is 0 Å². The van der Waals surface area contributed by atoms with Crippen LogP contribution >= 0.6 is 0 Å². The van der Waals surface area contributed by atoms with E-state index in [0.29, 0.717) is 0 Å². The third-order valence-electron chi connectivity index (χ3n) is 5.41. The minimum Gasteiger partial charge on any atom is -0.222 e. The third-order valence-corrected chi connectivity index (χ3v) is 11.2. The monoisotopic (exact) mass is 426 g/mol. The summed E-state index contributed by atoms with van der Waals surface area (Å²) in [5, 5.41) is 19.3. The van der Waals surface area contributed by atoms with Crippen molar-refractivity contribution >= 4 is 19.7 Å². The lowest BCUT2D eigenvalue weighted by molar-refractivity contribution is 0.507. The van der Waals surface area contributed by atoms with Crippen molar-refractivity contribution in [3.8, 4) is 12.1 Å². The van der Waals surface area contributed by atoms with Gasteiger partial charge in [0.05, 0.1) is 21.9 Å². The minimum atomic E-state index is -4.52. The fourth-order valence-electron chi connectivity index (χ4n) is 3.94. The Kier molecular flexibility index (Phi) is 5.12. The molecule has 6 nitrogen and oxygen atoms in total. The highest BCUT2D eigenvalue weighted by Gasteiger charge is 2.69. The minimum absolute atomic E-state index is 0.182. The van der Waals surface area contributed by atoms with Gasteiger partial charge in [-0.15, -0.1) is 6.58 Å². The molecule has 0 saturated heterocycles. The fraction of sp³-hybridized carbons (Fsp3) is 0.238. The van der Waals surface area contributed by atoms with Crippen LogP contribution in [-0.2, 0) is 19.7 Å². The molecule has 0 amide bonds. The summed E-state index contributed by atoms with van der Waals surface area (Å²) < 4.78 is 52.9. The van der Waals surface area contributed by atoms with Crippen LogP contribution in [0.2, 0.25) is 0 Å². The summed E-state index contributed by atoms with van der Waals surface area (Å²) in [6.07, 6.45) is 0.344. The summed E-state index contributed by atoms with van der Waals surface area (Å²) in [4.78, 5) is -0.365. The molecule has 29 heavy (non-hydrogen) atoms. The normalized spacial score (nSPS) is 20.3. The number of hydrogen-bond donors (Lipinski definition) is 0. The van der Waals surface area contributed by atoms with Gasteiger partial charge in [0.15, 0.2) is 23.8 Å². The zero-order valence-electron chi connectivity index (χ0n) is 15.4. The van der Waals surface area contributed by atoms with Crippen molar-refractivity contribution in [3.63, 3.8) is 0 Å². The molecule has 0 radical (unpaired) electrons. The predicted octanol–water partition coefficient (Wildman–Crippen LogP) is 3.26. The van der Waals surface area contributed by atoms with Gasteiger partial charge in [-0.1, -0.05) is 42.5 Å². The second-order valence-electron chi connectivity index (χ2n) is 6.97. The summed E-state index contributed by atoms with van der Waals surface area (Å²) in [6, 6.07) is 18.2. The van der Waals surface area contributed by atoms with Gasteiger partial charge >= 0.3 is 0 Å². The van der Waals surface area contributed by atoms with Crippen molar-refractivity contribution in [2.45, 2.75) is 26.7 Å². The highest BCUT2D eigenvalue weighted by atomic mass is 32.3. The maximum Gasteiger partial charge on any atom is 0.199 e. The molecule has 1 fully saturated rings. The molecule has 1 aliphatic rings. The van der Waals surface area contributed by atoms with Crippen LogP contribution in [0.1, 0.15) is 12.8 Å². The molecule has 3 rings (SSSR count). The summed E-state index contributed by atoms with van der Waals surface area (Å²) in [7, 11) is -9.04. The Balaban J connectivity index is 2.43. The smallest absolute Gasteiger partial charge is 0.199 e. The van der Waals surface area contributed by atoms with Gasteiger partial charge in [0.2, 0.25) is 0 Å². The first-order chi connectivity index (χ1) is 13.7. The summed E-state index contributed by atoms with van der Waals surface area (Å²) in [5.74, 6) is -1.14. The van der Waals surface area contributed by atoms with Gasteiger partial charge in [-0.3, -0.25) is 0 Å². The Hall–Kier alpha value is -2.94. The standard InChI is InChI=1S/C21H18N2O4S2/c1-2-17-13-20(15-22,16-23)14-21(17,28(24,25)18-9-5-3-6-10-18)29(26,27)19-11-7-4-8-12-19/h2-12,17H,1,13-14H2/t17-/m1/s1. The fourth-order valence-corrected chi connectivity index (χ4v) is 9.54. The SMILES string of the molecule is C=C[C@@H]1CC(C#N)(C#N)CC1(S(=O)(=O)c1ccccc1)S(=O)(=O)c1ccccc1. The van der Waals surface area contributed by atoms with Gasteiger partial charge in [0.1, 0.15) is 5.41 Å². The van der Waals surface area contributed by atoms with E-state index in [1.165, 1.54) is 54.6 Å². The second kappa shape index (κ2) is 7.14. The van der Waals surface area contributed by atoms with Crippen molar-refractivity contribution in [2.24, 2.45) is 11.3 Å². The van der Waals surface area contributed by atoms with E-state index in [4.69, 9.17) is 0 Å². The van der Waals surface area contributed by atoms with Crippen LogP contribution in [0.5, 0.6) is 0 Å². The molecular weight excluding hydrogens is 408 g/mol. The van der Waals surface area contributed by atoms with Gasteiger partial charge in [0.25, 0.3) is 0 Å². The van der Waals surface area contributed by atoms with Gasteiger partial charge < -0.3 is 0 Å². The van der Waals surface area contributed by atoms with Crippen LogP contribution in [0.3, 0.4) is 0 Å². The van der Waals surface area contributed by atoms with E-state index in [2.05, 4.69) is 6.58 Å². The van der Waals surface area contributed by atoms with Crippen LogP contribution in [0.25, 0.3) is 0 Å². The zero-order chi connectivity index (χ0) is 21.3. The molecule has 0 N–H and O–H groups in total. The summed E-state index contributed by atoms with van der Waals surface area (Å²) >= 11 is 0. The average Bonchev–Trinajstić information content (AvgIpc) is 3.13. The van der Waals surface area contributed by atoms with Crippen LogP contribution in [0.15, 0.2) is 83.1 Å². The van der Waals surface area contributed by atoms with E-state index in [-0.39, 0.29) is 16.2 Å². The second-order valence-corrected chi connectivity index (χ2v) is 11.6. The molecule has 0 unspecified atom stereocenters. The Morgan fingerprint density at radius 3 is 1.62 bits per heavy atom. The number of benzene rings is 2. The predicted molar refractivity (Wildman–Crippen MR) is 107 cm³/mol. The van der Waals surface area contributed by atoms with E-state index in [0.717, 1.165) is 0 Å². The van der Waals surface area contributed by atoms with Crippen molar-refractivity contribution in [1.29, 1.82) is 10.5 Å². The molecule has 2 aromatic carbocycles. The van der Waals surface area contributed by atoms with Crippen molar-refractivity contribution in [3.05, 3.63) is 73.3 Å². The Morgan fingerprint density at radius 2 is 1.28 bits per heavy atom. The Morgan fingerprint density at radius 1 is 0.862 bits per heavy atom. The Labute approximate surface area is 170 Å². The summed E-state index contributed by atoms with van der Waals surface area (Å²) in [5.41, 5.74) is -1.76. The van der Waals surface area contributed by atoms with E-state index in [1.807, 2.05) is 12.1 Å². The molecule has 1 aliphatic carbocycles. The van der Waals surface area contributed by atoms with Gasteiger partial charge in [-0.25, -0.2) is 16.8 Å². The number of rotatable bonds is 5. The lowest BCUT2D eigenvalue weighted by Crippen LogP contribution is -2.49. The van der Waals surface area contributed by atoms with Gasteiger partial charge in [-0.2, -0.15) is 10.5 Å². The first-order valence-electron chi connectivity index (χ1n) is 8.75. The molecule has 0 heterocycles. The quantitative estimate of drug-likeness (QED) is 0.678. The molecule has 0 aromatic heterocycles. The van der Waals surface area contributed by atoms with E-state index in [9.17, 15) is 27.4 Å². The number of allylic oxidation sites excluding steroid dienone is 1. The van der Waals surface area contributed by atoms with Gasteiger partial charge in [-0.05, 0) is 30.7 Å². The van der Waals surface area contributed by atoms with Crippen LogP contribution in [-0.4, -0.2) is 20.9 Å². The first kappa shape index (κ1) is 20.8. The molecule has 0 spiro atoms. The molecular formula is C21H18N2O4S2. The van der Waals surface area contributed by atoms with Crippen molar-refractivity contribution in [1.82, 2.24) is 0 Å². The number of nitriles is 2. The first-order valence-corrected chi connectivity index (χ1v) is 11.7. The maximum atomic E-state index is 13.8. The highest BCUT2D eigenvalue weighted by Crippen LogP contribution is 2.57.